The van der Waals surface area contributed by atoms with E-state index in [1.807, 2.05) is 35.9 Å². The first-order valence-corrected chi connectivity index (χ1v) is 9.74. The Bertz CT molecular complexity index is 862. The predicted molar refractivity (Wildman–Crippen MR) is 97.3 cm³/mol. The third kappa shape index (κ3) is 4.00. The molecular formula is C14H13BrN6OS2. The van der Waals surface area contributed by atoms with Crippen molar-refractivity contribution in [2.45, 2.75) is 11.5 Å². The number of thiazole rings is 1. The van der Waals surface area contributed by atoms with Crippen LogP contribution in [0.25, 0.3) is 0 Å². The average molecular weight is 425 g/mol. The molecule has 10 heteroatoms. The van der Waals surface area contributed by atoms with Gasteiger partial charge in [-0.15, -0.1) is 28.2 Å². The van der Waals surface area contributed by atoms with Crippen molar-refractivity contribution in [2.24, 2.45) is 12.2 Å². The molecule has 0 amide bonds. The summed E-state index contributed by atoms with van der Waals surface area (Å²) in [5, 5.41) is 17.8. The van der Waals surface area contributed by atoms with Crippen LogP contribution in [-0.4, -0.2) is 37.2 Å². The van der Waals surface area contributed by atoms with Gasteiger partial charge in [-0.3, -0.25) is 0 Å². The maximum atomic E-state index is 5.50. The van der Waals surface area contributed by atoms with Gasteiger partial charge in [0.25, 0.3) is 0 Å². The highest BCUT2D eigenvalue weighted by Crippen LogP contribution is 2.19. The van der Waals surface area contributed by atoms with Gasteiger partial charge in [-0.25, -0.2) is 9.67 Å². The van der Waals surface area contributed by atoms with Crippen molar-refractivity contribution in [2.75, 3.05) is 6.26 Å². The molecule has 0 aliphatic carbocycles. The van der Waals surface area contributed by atoms with E-state index >= 15 is 0 Å². The van der Waals surface area contributed by atoms with Crippen LogP contribution >= 0.6 is 39.0 Å². The van der Waals surface area contributed by atoms with Crippen LogP contribution in [0.2, 0.25) is 0 Å². The van der Waals surface area contributed by atoms with E-state index in [9.17, 15) is 0 Å². The van der Waals surface area contributed by atoms with Crippen molar-refractivity contribution in [1.29, 1.82) is 0 Å². The number of halogens is 1. The summed E-state index contributed by atoms with van der Waals surface area (Å²) in [7, 11) is 1.76. The van der Waals surface area contributed by atoms with Crippen molar-refractivity contribution in [1.82, 2.24) is 25.2 Å². The molecule has 0 radical (unpaired) electrons. The number of hydrogen-bond acceptors (Lipinski definition) is 8. The zero-order valence-electron chi connectivity index (χ0n) is 12.9. The number of tetrazole rings is 1. The second kappa shape index (κ2) is 7.86. The third-order valence-corrected chi connectivity index (χ3v) is 5.21. The minimum Gasteiger partial charge on any atom is -0.389 e. The second-order valence-electron chi connectivity index (χ2n) is 4.66. The minimum atomic E-state index is 0.277. The van der Waals surface area contributed by atoms with Gasteiger partial charge in [0.1, 0.15) is 0 Å². The molecule has 0 bridgehead atoms. The lowest BCUT2D eigenvalue weighted by Crippen LogP contribution is -2.12. The Morgan fingerprint density at radius 2 is 2.33 bits per heavy atom. The zero-order chi connectivity index (χ0) is 16.9. The summed E-state index contributed by atoms with van der Waals surface area (Å²) in [5.74, 6) is 0.535. The van der Waals surface area contributed by atoms with Gasteiger partial charge < -0.3 is 4.84 Å². The highest BCUT2D eigenvalue weighted by atomic mass is 79.9. The number of thioether (sulfide) groups is 1. The quantitative estimate of drug-likeness (QED) is 0.343. The fourth-order valence-corrected chi connectivity index (χ4v) is 3.43. The molecule has 2 heterocycles. The molecule has 0 unspecified atom stereocenters. The van der Waals surface area contributed by atoms with Gasteiger partial charge >= 0.3 is 0 Å². The van der Waals surface area contributed by atoms with E-state index in [1.54, 1.807) is 23.5 Å². The number of hydrogen-bond donors (Lipinski definition) is 0. The molecule has 0 saturated heterocycles. The fraction of sp³-hybridized carbons (Fsp3) is 0.214. The van der Waals surface area contributed by atoms with Gasteiger partial charge in [0.2, 0.25) is 5.82 Å². The fourth-order valence-electron chi connectivity index (χ4n) is 1.93. The molecule has 0 aliphatic heterocycles. The molecule has 0 N–H and O–H groups in total. The van der Waals surface area contributed by atoms with Gasteiger partial charge in [-0.2, -0.15) is 0 Å². The van der Waals surface area contributed by atoms with Gasteiger partial charge in [-0.1, -0.05) is 17.3 Å². The van der Waals surface area contributed by atoms with Gasteiger partial charge in [0.05, 0.1) is 5.69 Å². The van der Waals surface area contributed by atoms with Crippen LogP contribution in [0.4, 0.5) is 0 Å². The summed E-state index contributed by atoms with van der Waals surface area (Å²) >= 11 is 6.49. The Morgan fingerprint density at radius 1 is 1.46 bits per heavy atom. The SMILES string of the molecule is CSc1cccc(C(=NOCc2csc(Br)n2)c2nnnn2C)c1. The Labute approximate surface area is 155 Å². The van der Waals surface area contributed by atoms with Crippen molar-refractivity contribution in [3.8, 4) is 0 Å². The standard InChI is InChI=1S/C14H13BrN6OS2/c1-21-13(17-19-20-21)12(9-4-3-5-11(6-9)23-2)18-22-7-10-8-24-14(15)16-10/h3-6,8H,7H2,1-2H3. The topological polar surface area (TPSA) is 78.1 Å². The molecule has 3 rings (SSSR count). The molecule has 0 fully saturated rings. The van der Waals surface area contributed by atoms with E-state index in [2.05, 4.69) is 41.6 Å². The van der Waals surface area contributed by atoms with Crippen LogP contribution in [0.1, 0.15) is 17.1 Å². The minimum absolute atomic E-state index is 0.277. The van der Waals surface area contributed by atoms with Gasteiger partial charge in [0.15, 0.2) is 16.2 Å². The maximum Gasteiger partial charge on any atom is 0.204 e. The van der Waals surface area contributed by atoms with Gasteiger partial charge in [0, 0.05) is 22.9 Å². The van der Waals surface area contributed by atoms with Crippen molar-refractivity contribution < 1.29 is 4.84 Å². The number of benzene rings is 1. The number of aryl methyl sites for hydroxylation is 1. The van der Waals surface area contributed by atoms with Crippen molar-refractivity contribution in [3.63, 3.8) is 0 Å². The first-order chi connectivity index (χ1) is 11.7. The van der Waals surface area contributed by atoms with Crippen LogP contribution in [0.5, 0.6) is 0 Å². The molecule has 124 valence electrons. The van der Waals surface area contributed by atoms with E-state index in [0.29, 0.717) is 11.5 Å². The Kier molecular flexibility index (Phi) is 5.59. The molecule has 0 saturated carbocycles. The number of rotatable bonds is 6. The van der Waals surface area contributed by atoms with Crippen LogP contribution in [0, 0.1) is 0 Å². The maximum absolute atomic E-state index is 5.50. The van der Waals surface area contributed by atoms with Crippen molar-refractivity contribution in [3.05, 3.63) is 50.6 Å². The molecule has 24 heavy (non-hydrogen) atoms. The van der Waals surface area contributed by atoms with E-state index in [0.717, 1.165) is 20.1 Å². The highest BCUT2D eigenvalue weighted by molar-refractivity contribution is 9.11. The summed E-state index contributed by atoms with van der Waals surface area (Å²) in [5.41, 5.74) is 2.27. The Hall–Kier alpha value is -1.78. The Balaban J connectivity index is 1.89. The first-order valence-electron chi connectivity index (χ1n) is 6.84. The van der Waals surface area contributed by atoms with E-state index in [4.69, 9.17) is 4.84 Å². The summed E-state index contributed by atoms with van der Waals surface area (Å²) in [6, 6.07) is 7.99. The lowest BCUT2D eigenvalue weighted by Gasteiger charge is -2.06. The zero-order valence-corrected chi connectivity index (χ0v) is 16.1. The van der Waals surface area contributed by atoms with Crippen LogP contribution in [0.3, 0.4) is 0 Å². The first kappa shape index (κ1) is 17.1. The predicted octanol–water partition coefficient (Wildman–Crippen LogP) is 3.12. The largest absolute Gasteiger partial charge is 0.389 e. The van der Waals surface area contributed by atoms with Crippen molar-refractivity contribution >= 4 is 44.7 Å². The lowest BCUT2D eigenvalue weighted by molar-refractivity contribution is 0.128. The van der Waals surface area contributed by atoms with E-state index < -0.39 is 0 Å². The smallest absolute Gasteiger partial charge is 0.204 e. The highest BCUT2D eigenvalue weighted by Gasteiger charge is 2.15. The second-order valence-corrected chi connectivity index (χ2v) is 7.68. The number of oxime groups is 1. The van der Waals surface area contributed by atoms with E-state index in [-0.39, 0.29) is 6.61 Å². The average Bonchev–Trinajstić information content (AvgIpc) is 3.20. The molecule has 3 aromatic rings. The Morgan fingerprint density at radius 3 is 3.00 bits per heavy atom. The summed E-state index contributed by atoms with van der Waals surface area (Å²) < 4.78 is 2.38. The van der Waals surface area contributed by atoms with Gasteiger partial charge in [-0.05, 0) is 44.7 Å². The van der Waals surface area contributed by atoms with Crippen LogP contribution in [0.15, 0.2) is 43.6 Å². The third-order valence-electron chi connectivity index (χ3n) is 3.07. The molecule has 0 atom stereocenters. The normalized spacial score (nSPS) is 11.7. The van der Waals surface area contributed by atoms with Crippen LogP contribution < -0.4 is 0 Å². The number of nitrogens with zero attached hydrogens (tertiary/aromatic N) is 6. The summed E-state index contributed by atoms with van der Waals surface area (Å²) in [6.45, 7) is 0.277. The molecule has 0 spiro atoms. The summed E-state index contributed by atoms with van der Waals surface area (Å²) in [4.78, 5) is 10.9. The molecule has 7 nitrogen and oxygen atoms in total. The number of aromatic nitrogens is 5. The molecule has 0 aliphatic rings. The van der Waals surface area contributed by atoms with Crippen LogP contribution in [-0.2, 0) is 18.5 Å². The lowest BCUT2D eigenvalue weighted by atomic mass is 10.1. The molecule has 1 aromatic carbocycles. The monoisotopic (exact) mass is 424 g/mol. The molecular weight excluding hydrogens is 412 g/mol. The molecule has 2 aromatic heterocycles. The van der Waals surface area contributed by atoms with E-state index in [1.165, 1.54) is 11.3 Å². The summed E-state index contributed by atoms with van der Waals surface area (Å²) in [6.07, 6.45) is 2.02.